The lowest BCUT2D eigenvalue weighted by atomic mass is 10.00. The van der Waals surface area contributed by atoms with Gasteiger partial charge in [-0.25, -0.2) is 0 Å². The Bertz CT molecular complexity index is 257. The molecule has 106 valence electrons. The summed E-state index contributed by atoms with van der Waals surface area (Å²) in [5.74, 6) is 0. The zero-order valence-electron chi connectivity index (χ0n) is 10.3. The molecule has 0 spiro atoms. The first kappa shape index (κ1) is 14.6. The molecule has 0 bridgehead atoms. The van der Waals surface area contributed by atoms with Gasteiger partial charge in [-0.15, -0.1) is 11.8 Å². The molecule has 5 nitrogen and oxygen atoms in total. The largest absolute Gasteiger partial charge is 0.394 e. The average molecular weight is 278 g/mol. The van der Waals surface area contributed by atoms with Crippen LogP contribution >= 0.6 is 11.8 Å². The molecular weight excluding hydrogens is 256 g/mol. The van der Waals surface area contributed by atoms with Crippen molar-refractivity contribution in [1.29, 1.82) is 0 Å². The standard InChI is InChI=1S/C12H22O5S/c13-6-8-9(14)10(15)11(16)12(17-8)18-7-4-2-1-3-5-7/h7-16H,1-6H2/t8-,9+,10+,11-,12+/m1/s1. The highest BCUT2D eigenvalue weighted by molar-refractivity contribution is 8.00. The van der Waals surface area contributed by atoms with Crippen LogP contribution in [0.1, 0.15) is 32.1 Å². The summed E-state index contributed by atoms with van der Waals surface area (Å²) in [6.45, 7) is -0.354. The number of hydrogen-bond donors (Lipinski definition) is 4. The number of aliphatic hydroxyl groups excluding tert-OH is 4. The van der Waals surface area contributed by atoms with Crippen LogP contribution in [0.5, 0.6) is 0 Å². The van der Waals surface area contributed by atoms with E-state index >= 15 is 0 Å². The van der Waals surface area contributed by atoms with E-state index in [0.29, 0.717) is 5.25 Å². The van der Waals surface area contributed by atoms with Gasteiger partial charge in [0.2, 0.25) is 0 Å². The minimum atomic E-state index is -1.25. The van der Waals surface area contributed by atoms with Gasteiger partial charge in [0.05, 0.1) is 6.61 Å². The van der Waals surface area contributed by atoms with Gasteiger partial charge in [-0.1, -0.05) is 19.3 Å². The molecule has 2 fully saturated rings. The van der Waals surface area contributed by atoms with E-state index in [1.807, 2.05) is 0 Å². The van der Waals surface area contributed by atoms with Crippen LogP contribution in [0.25, 0.3) is 0 Å². The molecule has 0 radical (unpaired) electrons. The molecule has 2 rings (SSSR count). The molecule has 0 aromatic carbocycles. The molecule has 0 unspecified atom stereocenters. The minimum absolute atomic E-state index is 0.354. The second kappa shape index (κ2) is 6.54. The van der Waals surface area contributed by atoms with Crippen molar-refractivity contribution in [2.45, 2.75) is 67.2 Å². The van der Waals surface area contributed by atoms with Crippen molar-refractivity contribution in [2.24, 2.45) is 0 Å². The topological polar surface area (TPSA) is 90.2 Å². The average Bonchev–Trinajstić information content (AvgIpc) is 2.40. The number of ether oxygens (including phenoxy) is 1. The van der Waals surface area contributed by atoms with Gasteiger partial charge in [0, 0.05) is 5.25 Å². The molecular formula is C12H22O5S. The molecule has 1 saturated heterocycles. The smallest absolute Gasteiger partial charge is 0.132 e. The van der Waals surface area contributed by atoms with Crippen LogP contribution in [0.3, 0.4) is 0 Å². The normalized spacial score (nSPS) is 43.0. The van der Waals surface area contributed by atoms with Gasteiger partial charge in [-0.2, -0.15) is 0 Å². The monoisotopic (exact) mass is 278 g/mol. The SMILES string of the molecule is OC[C@H]1O[C@@H](SC2CCCCC2)[C@H](O)[C@@H](O)[C@H]1O. The van der Waals surface area contributed by atoms with Crippen molar-refractivity contribution >= 4 is 11.8 Å². The third kappa shape index (κ3) is 3.18. The summed E-state index contributed by atoms with van der Waals surface area (Å²) in [5.41, 5.74) is -0.566. The molecule has 1 heterocycles. The molecule has 6 heteroatoms. The maximum Gasteiger partial charge on any atom is 0.132 e. The predicted molar refractivity (Wildman–Crippen MR) is 68.2 cm³/mol. The van der Waals surface area contributed by atoms with E-state index in [9.17, 15) is 15.3 Å². The van der Waals surface area contributed by atoms with E-state index in [0.717, 1.165) is 12.8 Å². The molecule has 0 aromatic heterocycles. The van der Waals surface area contributed by atoms with Gasteiger partial charge in [0.25, 0.3) is 0 Å². The Morgan fingerprint density at radius 2 is 1.61 bits per heavy atom. The fourth-order valence-corrected chi connectivity index (χ4v) is 4.08. The summed E-state index contributed by atoms with van der Waals surface area (Å²) in [7, 11) is 0. The summed E-state index contributed by atoms with van der Waals surface area (Å²) in [5, 5.41) is 38.8. The summed E-state index contributed by atoms with van der Waals surface area (Å²) in [6.07, 6.45) is 1.43. The minimum Gasteiger partial charge on any atom is -0.394 e. The van der Waals surface area contributed by atoms with Gasteiger partial charge >= 0.3 is 0 Å². The lowest BCUT2D eigenvalue weighted by molar-refractivity contribution is -0.205. The van der Waals surface area contributed by atoms with E-state index in [2.05, 4.69) is 0 Å². The Hall–Kier alpha value is 0.150. The maximum absolute atomic E-state index is 9.91. The van der Waals surface area contributed by atoms with Crippen LogP contribution in [-0.2, 0) is 4.74 Å². The Kier molecular flexibility index (Phi) is 5.29. The lowest BCUT2D eigenvalue weighted by Crippen LogP contribution is -2.57. The Morgan fingerprint density at radius 3 is 2.22 bits per heavy atom. The highest BCUT2D eigenvalue weighted by Gasteiger charge is 2.44. The summed E-state index contributed by atoms with van der Waals surface area (Å²) < 4.78 is 5.49. The molecule has 0 aromatic rings. The predicted octanol–water partition coefficient (Wildman–Crippen LogP) is -0.148. The molecule has 18 heavy (non-hydrogen) atoms. The Morgan fingerprint density at radius 1 is 0.944 bits per heavy atom. The number of thioether (sulfide) groups is 1. The summed E-state index contributed by atoms with van der Waals surface area (Å²) >= 11 is 1.52. The molecule has 1 aliphatic carbocycles. The maximum atomic E-state index is 9.91. The number of hydrogen-bond acceptors (Lipinski definition) is 6. The quantitative estimate of drug-likeness (QED) is 0.574. The van der Waals surface area contributed by atoms with Crippen molar-refractivity contribution in [3.8, 4) is 0 Å². The number of rotatable bonds is 3. The van der Waals surface area contributed by atoms with Crippen LogP contribution < -0.4 is 0 Å². The van der Waals surface area contributed by atoms with E-state index in [-0.39, 0.29) is 6.61 Å². The van der Waals surface area contributed by atoms with Crippen LogP contribution in [0.4, 0.5) is 0 Å². The third-order valence-corrected chi connectivity index (χ3v) is 5.24. The van der Waals surface area contributed by atoms with Crippen LogP contribution in [0, 0.1) is 0 Å². The summed E-state index contributed by atoms with van der Waals surface area (Å²) in [4.78, 5) is 0. The van der Waals surface area contributed by atoms with Crippen molar-refractivity contribution in [2.75, 3.05) is 6.61 Å². The molecule has 1 aliphatic heterocycles. The Labute approximate surface area is 111 Å². The Balaban J connectivity index is 1.93. The fraction of sp³-hybridized carbons (Fsp3) is 1.00. The van der Waals surface area contributed by atoms with Crippen molar-refractivity contribution < 1.29 is 25.2 Å². The first-order chi connectivity index (χ1) is 8.63. The first-order valence-corrected chi connectivity index (χ1v) is 7.53. The highest BCUT2D eigenvalue weighted by atomic mass is 32.2. The molecule has 4 N–H and O–H groups in total. The van der Waals surface area contributed by atoms with Gasteiger partial charge in [0.15, 0.2) is 0 Å². The molecule has 1 saturated carbocycles. The zero-order chi connectivity index (χ0) is 13.1. The molecule has 0 amide bonds. The second-order valence-corrected chi connectivity index (χ2v) is 6.50. The van der Waals surface area contributed by atoms with Crippen LogP contribution in [0.2, 0.25) is 0 Å². The van der Waals surface area contributed by atoms with Crippen LogP contribution in [-0.4, -0.2) is 62.1 Å². The van der Waals surface area contributed by atoms with Gasteiger partial charge in [-0.3, -0.25) is 0 Å². The van der Waals surface area contributed by atoms with E-state index < -0.39 is 29.9 Å². The fourth-order valence-electron chi connectivity index (χ4n) is 2.57. The van der Waals surface area contributed by atoms with Gasteiger partial charge in [-0.05, 0) is 12.8 Å². The first-order valence-electron chi connectivity index (χ1n) is 6.59. The molecule has 2 aliphatic rings. The zero-order valence-corrected chi connectivity index (χ0v) is 11.1. The van der Waals surface area contributed by atoms with Gasteiger partial charge < -0.3 is 25.2 Å². The van der Waals surface area contributed by atoms with Crippen molar-refractivity contribution in [3.63, 3.8) is 0 Å². The van der Waals surface area contributed by atoms with Crippen LogP contribution in [0.15, 0.2) is 0 Å². The lowest BCUT2D eigenvalue weighted by Gasteiger charge is -2.41. The van der Waals surface area contributed by atoms with E-state index in [1.54, 1.807) is 0 Å². The molecule has 5 atom stereocenters. The highest BCUT2D eigenvalue weighted by Crippen LogP contribution is 2.36. The third-order valence-electron chi connectivity index (χ3n) is 3.73. The van der Waals surface area contributed by atoms with Crippen molar-refractivity contribution in [3.05, 3.63) is 0 Å². The van der Waals surface area contributed by atoms with Gasteiger partial charge in [0.1, 0.15) is 29.9 Å². The van der Waals surface area contributed by atoms with E-state index in [1.165, 1.54) is 31.0 Å². The van der Waals surface area contributed by atoms with Crippen molar-refractivity contribution in [1.82, 2.24) is 0 Å². The summed E-state index contributed by atoms with van der Waals surface area (Å²) in [6, 6.07) is 0. The van der Waals surface area contributed by atoms with E-state index in [4.69, 9.17) is 9.84 Å². The number of aliphatic hydroxyl groups is 4. The second-order valence-electron chi connectivity index (χ2n) is 5.09.